The van der Waals surface area contributed by atoms with Crippen molar-refractivity contribution in [3.05, 3.63) is 0 Å². The van der Waals surface area contributed by atoms with Gasteiger partial charge in [0.15, 0.2) is 0 Å². The molecule has 2 N–H and O–H groups in total. The molecule has 0 bridgehead atoms. The number of primary amides is 1. The van der Waals surface area contributed by atoms with E-state index in [1.165, 1.54) is 0 Å². The van der Waals surface area contributed by atoms with E-state index in [9.17, 15) is 9.59 Å². The summed E-state index contributed by atoms with van der Waals surface area (Å²) in [5.74, 6) is 0.370. The van der Waals surface area contributed by atoms with Gasteiger partial charge < -0.3 is 10.6 Å². The molecule has 0 radical (unpaired) electrons. The van der Waals surface area contributed by atoms with Crippen LogP contribution in [0.5, 0.6) is 0 Å². The van der Waals surface area contributed by atoms with Crippen LogP contribution >= 0.6 is 0 Å². The van der Waals surface area contributed by atoms with E-state index < -0.39 is 5.91 Å². The van der Waals surface area contributed by atoms with Gasteiger partial charge in [0.05, 0.1) is 0 Å². The lowest BCUT2D eigenvalue weighted by Gasteiger charge is -2.14. The number of hydrogen-bond donors (Lipinski definition) is 1. The molecule has 4 nitrogen and oxygen atoms in total. The molecule has 13 heavy (non-hydrogen) atoms. The van der Waals surface area contributed by atoms with E-state index in [1.54, 1.807) is 4.90 Å². The standard InChI is InChI=1S/C9H16N2O2/c1-6-4-11(5-7(6)2)9(13)3-8(10)12/h6-7H,3-5H2,1-2H3,(H2,10,12). The third-order valence-electron chi connectivity index (χ3n) is 2.67. The summed E-state index contributed by atoms with van der Waals surface area (Å²) >= 11 is 0. The molecule has 1 saturated heterocycles. The number of likely N-dealkylation sites (tertiary alicyclic amines) is 1. The van der Waals surface area contributed by atoms with Crippen LogP contribution in [0.25, 0.3) is 0 Å². The molecule has 2 amide bonds. The highest BCUT2D eigenvalue weighted by Gasteiger charge is 2.29. The van der Waals surface area contributed by atoms with Crippen molar-refractivity contribution in [2.45, 2.75) is 20.3 Å². The van der Waals surface area contributed by atoms with E-state index in [0.717, 1.165) is 13.1 Å². The molecule has 0 saturated carbocycles. The Morgan fingerprint density at radius 1 is 1.31 bits per heavy atom. The zero-order chi connectivity index (χ0) is 10.0. The van der Waals surface area contributed by atoms with Crippen LogP contribution in [0.2, 0.25) is 0 Å². The third-order valence-corrected chi connectivity index (χ3v) is 2.67. The van der Waals surface area contributed by atoms with E-state index >= 15 is 0 Å². The fraction of sp³-hybridized carbons (Fsp3) is 0.778. The second-order valence-corrected chi connectivity index (χ2v) is 3.90. The molecule has 1 heterocycles. The first-order chi connectivity index (χ1) is 6.00. The molecular weight excluding hydrogens is 168 g/mol. The van der Waals surface area contributed by atoms with Crippen LogP contribution in [0, 0.1) is 11.8 Å². The minimum Gasteiger partial charge on any atom is -0.369 e. The van der Waals surface area contributed by atoms with Crippen LogP contribution in [-0.4, -0.2) is 29.8 Å². The van der Waals surface area contributed by atoms with E-state index in [0.29, 0.717) is 11.8 Å². The lowest BCUT2D eigenvalue weighted by atomic mass is 10.0. The number of hydrogen-bond acceptors (Lipinski definition) is 2. The lowest BCUT2D eigenvalue weighted by molar-refractivity contribution is -0.134. The second kappa shape index (κ2) is 3.77. The van der Waals surface area contributed by atoms with Gasteiger partial charge in [-0.15, -0.1) is 0 Å². The van der Waals surface area contributed by atoms with Gasteiger partial charge in [0.25, 0.3) is 0 Å². The first-order valence-corrected chi connectivity index (χ1v) is 4.56. The fourth-order valence-corrected chi connectivity index (χ4v) is 1.59. The van der Waals surface area contributed by atoms with Crippen molar-refractivity contribution >= 4 is 11.8 Å². The van der Waals surface area contributed by atoms with Crippen molar-refractivity contribution in [1.29, 1.82) is 0 Å². The van der Waals surface area contributed by atoms with Crippen LogP contribution in [0.1, 0.15) is 20.3 Å². The van der Waals surface area contributed by atoms with Crippen LogP contribution in [-0.2, 0) is 9.59 Å². The molecule has 0 aromatic carbocycles. The number of amides is 2. The van der Waals surface area contributed by atoms with Gasteiger partial charge in [0.1, 0.15) is 6.42 Å². The van der Waals surface area contributed by atoms with Gasteiger partial charge in [-0.05, 0) is 11.8 Å². The molecule has 74 valence electrons. The van der Waals surface area contributed by atoms with Crippen LogP contribution in [0.3, 0.4) is 0 Å². The molecule has 1 aliphatic heterocycles. The second-order valence-electron chi connectivity index (χ2n) is 3.90. The number of carbonyl (C=O) groups excluding carboxylic acids is 2. The summed E-state index contributed by atoms with van der Waals surface area (Å²) in [5, 5.41) is 0. The molecule has 2 atom stereocenters. The number of nitrogens with two attached hydrogens (primary N) is 1. The van der Waals surface area contributed by atoms with E-state index in [-0.39, 0.29) is 12.3 Å². The summed E-state index contributed by atoms with van der Waals surface area (Å²) in [6, 6.07) is 0. The zero-order valence-electron chi connectivity index (χ0n) is 8.12. The molecule has 4 heteroatoms. The Hall–Kier alpha value is -1.06. The Morgan fingerprint density at radius 2 is 1.77 bits per heavy atom. The summed E-state index contributed by atoms with van der Waals surface area (Å²) in [6.45, 7) is 5.74. The maximum absolute atomic E-state index is 11.4. The lowest BCUT2D eigenvalue weighted by Crippen LogP contribution is -2.32. The Balaban J connectivity index is 2.46. The van der Waals surface area contributed by atoms with Gasteiger partial charge in [0.2, 0.25) is 11.8 Å². The smallest absolute Gasteiger partial charge is 0.232 e. The minimum absolute atomic E-state index is 0.135. The van der Waals surface area contributed by atoms with E-state index in [2.05, 4.69) is 13.8 Å². The average Bonchev–Trinajstić information content (AvgIpc) is 2.31. The summed E-state index contributed by atoms with van der Waals surface area (Å²) in [5.41, 5.74) is 4.94. The van der Waals surface area contributed by atoms with Crippen molar-refractivity contribution in [3.8, 4) is 0 Å². The summed E-state index contributed by atoms with van der Waals surface area (Å²) in [6.07, 6.45) is -0.153. The fourth-order valence-electron chi connectivity index (χ4n) is 1.59. The predicted molar refractivity (Wildman–Crippen MR) is 48.7 cm³/mol. The SMILES string of the molecule is CC1CN(C(=O)CC(N)=O)CC1C. The largest absolute Gasteiger partial charge is 0.369 e. The van der Waals surface area contributed by atoms with Gasteiger partial charge in [-0.1, -0.05) is 13.8 Å². The topological polar surface area (TPSA) is 63.4 Å². The average molecular weight is 184 g/mol. The molecule has 0 aromatic heterocycles. The maximum Gasteiger partial charge on any atom is 0.232 e. The van der Waals surface area contributed by atoms with Crippen LogP contribution in [0.4, 0.5) is 0 Å². The molecule has 1 aliphatic rings. The van der Waals surface area contributed by atoms with Gasteiger partial charge in [-0.25, -0.2) is 0 Å². The quantitative estimate of drug-likeness (QED) is 0.613. The van der Waals surface area contributed by atoms with Gasteiger partial charge in [-0.2, -0.15) is 0 Å². The highest BCUT2D eigenvalue weighted by atomic mass is 16.2. The van der Waals surface area contributed by atoms with Crippen molar-refractivity contribution in [2.75, 3.05) is 13.1 Å². The molecule has 1 rings (SSSR count). The first kappa shape index (κ1) is 10.0. The Bertz CT molecular complexity index is 218. The third kappa shape index (κ3) is 2.44. The van der Waals surface area contributed by atoms with Crippen molar-refractivity contribution in [3.63, 3.8) is 0 Å². The van der Waals surface area contributed by atoms with Crippen molar-refractivity contribution < 1.29 is 9.59 Å². The van der Waals surface area contributed by atoms with Gasteiger partial charge in [0, 0.05) is 13.1 Å². The minimum atomic E-state index is -0.544. The number of carbonyl (C=O) groups is 2. The Kier molecular flexibility index (Phi) is 2.90. The summed E-state index contributed by atoms with van der Waals surface area (Å²) < 4.78 is 0. The molecule has 2 unspecified atom stereocenters. The monoisotopic (exact) mass is 184 g/mol. The molecular formula is C9H16N2O2. The van der Waals surface area contributed by atoms with Gasteiger partial charge in [-0.3, -0.25) is 9.59 Å². The van der Waals surface area contributed by atoms with E-state index in [4.69, 9.17) is 5.73 Å². The molecule has 0 aliphatic carbocycles. The van der Waals surface area contributed by atoms with Crippen molar-refractivity contribution in [2.24, 2.45) is 17.6 Å². The molecule has 1 fully saturated rings. The normalized spacial score (nSPS) is 27.7. The molecule has 0 aromatic rings. The highest BCUT2D eigenvalue weighted by molar-refractivity contribution is 5.96. The summed E-state index contributed by atoms with van der Waals surface area (Å²) in [4.78, 5) is 23.6. The van der Waals surface area contributed by atoms with Gasteiger partial charge >= 0.3 is 0 Å². The molecule has 0 spiro atoms. The number of nitrogens with zero attached hydrogens (tertiary/aromatic N) is 1. The van der Waals surface area contributed by atoms with E-state index in [1.807, 2.05) is 0 Å². The first-order valence-electron chi connectivity index (χ1n) is 4.56. The Labute approximate surface area is 78.1 Å². The number of rotatable bonds is 2. The highest BCUT2D eigenvalue weighted by Crippen LogP contribution is 2.22. The van der Waals surface area contributed by atoms with Crippen LogP contribution < -0.4 is 5.73 Å². The summed E-state index contributed by atoms with van der Waals surface area (Å²) in [7, 11) is 0. The predicted octanol–water partition coefficient (Wildman–Crippen LogP) is -0.0238. The van der Waals surface area contributed by atoms with Crippen molar-refractivity contribution in [1.82, 2.24) is 4.90 Å². The van der Waals surface area contributed by atoms with Crippen LogP contribution in [0.15, 0.2) is 0 Å². The zero-order valence-corrected chi connectivity index (χ0v) is 8.12. The maximum atomic E-state index is 11.4. The Morgan fingerprint density at radius 3 is 2.15 bits per heavy atom.